The molecule has 0 fully saturated rings. The van der Waals surface area contributed by atoms with Gasteiger partial charge in [0.05, 0.1) is 10.3 Å². The van der Waals surface area contributed by atoms with Gasteiger partial charge >= 0.3 is 0 Å². The number of hydrogen-bond acceptors (Lipinski definition) is 4. The molecule has 0 aromatic heterocycles. The molecule has 2 rings (SSSR count). The van der Waals surface area contributed by atoms with Crippen LogP contribution in [0.1, 0.15) is 19.4 Å². The van der Waals surface area contributed by atoms with Gasteiger partial charge in [-0.05, 0) is 45.1 Å². The fourth-order valence-corrected chi connectivity index (χ4v) is 2.98. The minimum absolute atomic E-state index is 0.0987. The molecule has 4 nitrogen and oxygen atoms in total. The number of ketones is 1. The van der Waals surface area contributed by atoms with E-state index in [9.17, 15) is 13.2 Å². The summed E-state index contributed by atoms with van der Waals surface area (Å²) in [6.45, 7) is 5.22. The Balaban J connectivity index is 2.26. The van der Waals surface area contributed by atoms with E-state index in [1.807, 2.05) is 6.92 Å². The van der Waals surface area contributed by atoms with E-state index in [2.05, 4.69) is 0 Å². The first-order chi connectivity index (χ1) is 8.73. The van der Waals surface area contributed by atoms with E-state index < -0.39 is 21.6 Å². The zero-order chi connectivity index (χ0) is 14.3. The lowest BCUT2D eigenvalue weighted by Crippen LogP contribution is -2.34. The van der Waals surface area contributed by atoms with Gasteiger partial charge in [0.25, 0.3) is 10.1 Å². The predicted molar refractivity (Wildman–Crippen MR) is 71.2 cm³/mol. The monoisotopic (exact) mass is 280 g/mol. The highest BCUT2D eigenvalue weighted by Gasteiger charge is 2.41. The lowest BCUT2D eigenvalue weighted by atomic mass is 9.87. The van der Waals surface area contributed by atoms with Crippen LogP contribution in [0, 0.1) is 12.3 Å². The van der Waals surface area contributed by atoms with E-state index in [0.29, 0.717) is 0 Å². The lowest BCUT2D eigenvalue weighted by Gasteiger charge is -2.24. The standard InChI is InChI=1S/C14H16O4S/c1-10-4-6-11(7-5-10)19(16,17)18-13-9-8-12(15)14(13,2)3/h4-9,13H,1-3H3. The molecule has 1 aromatic carbocycles. The summed E-state index contributed by atoms with van der Waals surface area (Å²) in [5, 5.41) is 0. The molecule has 19 heavy (non-hydrogen) atoms. The first-order valence-corrected chi connectivity index (χ1v) is 7.37. The summed E-state index contributed by atoms with van der Waals surface area (Å²) in [5.41, 5.74) is 0.118. The molecule has 1 atom stereocenters. The lowest BCUT2D eigenvalue weighted by molar-refractivity contribution is -0.123. The molecule has 5 heteroatoms. The summed E-state index contributed by atoms with van der Waals surface area (Å²) in [6, 6.07) is 6.41. The second-order valence-corrected chi connectivity index (χ2v) is 6.80. The molecular formula is C14H16O4S. The van der Waals surface area contributed by atoms with Crippen molar-refractivity contribution in [3.63, 3.8) is 0 Å². The van der Waals surface area contributed by atoms with Crippen LogP contribution in [-0.2, 0) is 19.1 Å². The number of benzene rings is 1. The number of allylic oxidation sites excluding steroid dienone is 1. The maximum absolute atomic E-state index is 12.1. The summed E-state index contributed by atoms with van der Waals surface area (Å²) < 4.78 is 29.4. The summed E-state index contributed by atoms with van der Waals surface area (Å²) in [7, 11) is -3.86. The normalized spacial score (nSPS) is 21.8. The van der Waals surface area contributed by atoms with E-state index in [1.165, 1.54) is 24.3 Å². The van der Waals surface area contributed by atoms with Crippen molar-refractivity contribution >= 4 is 15.9 Å². The van der Waals surface area contributed by atoms with Crippen molar-refractivity contribution in [2.75, 3.05) is 0 Å². The zero-order valence-corrected chi connectivity index (χ0v) is 11.9. The largest absolute Gasteiger partial charge is 0.297 e. The number of hydrogen-bond donors (Lipinski definition) is 0. The first kappa shape index (κ1) is 14.0. The average Bonchev–Trinajstić information content (AvgIpc) is 2.56. The molecule has 0 amide bonds. The van der Waals surface area contributed by atoms with Crippen LogP contribution in [0.2, 0.25) is 0 Å². The first-order valence-electron chi connectivity index (χ1n) is 5.96. The molecule has 0 spiro atoms. The van der Waals surface area contributed by atoms with Crippen LogP contribution in [0.3, 0.4) is 0 Å². The third-order valence-electron chi connectivity index (χ3n) is 3.31. The SMILES string of the molecule is Cc1ccc(S(=O)(=O)OC2C=CC(=O)C2(C)C)cc1. The molecule has 1 aliphatic rings. The van der Waals surface area contributed by atoms with Crippen molar-refractivity contribution in [1.82, 2.24) is 0 Å². The van der Waals surface area contributed by atoms with Gasteiger partial charge in [0.2, 0.25) is 0 Å². The molecule has 1 unspecified atom stereocenters. The minimum atomic E-state index is -3.86. The van der Waals surface area contributed by atoms with Gasteiger partial charge in [0.15, 0.2) is 5.78 Å². The van der Waals surface area contributed by atoms with Gasteiger partial charge in [-0.15, -0.1) is 0 Å². The summed E-state index contributed by atoms with van der Waals surface area (Å²) in [6.07, 6.45) is 2.11. The van der Waals surface area contributed by atoms with Gasteiger partial charge in [-0.3, -0.25) is 8.98 Å². The van der Waals surface area contributed by atoms with Crippen LogP contribution < -0.4 is 0 Å². The molecule has 0 saturated heterocycles. The van der Waals surface area contributed by atoms with Crippen molar-refractivity contribution in [3.05, 3.63) is 42.0 Å². The number of rotatable bonds is 3. The third-order valence-corrected chi connectivity index (χ3v) is 4.62. The maximum atomic E-state index is 12.1. The highest BCUT2D eigenvalue weighted by Crippen LogP contribution is 2.33. The van der Waals surface area contributed by atoms with Crippen molar-refractivity contribution in [2.24, 2.45) is 5.41 Å². The highest BCUT2D eigenvalue weighted by atomic mass is 32.2. The Hall–Kier alpha value is -1.46. The molecule has 0 N–H and O–H groups in total. The van der Waals surface area contributed by atoms with E-state index in [1.54, 1.807) is 26.0 Å². The van der Waals surface area contributed by atoms with Crippen molar-refractivity contribution in [3.8, 4) is 0 Å². The quantitative estimate of drug-likeness (QED) is 0.797. The molecule has 1 aliphatic carbocycles. The average molecular weight is 280 g/mol. The van der Waals surface area contributed by atoms with Gasteiger partial charge < -0.3 is 0 Å². The Morgan fingerprint density at radius 1 is 1.16 bits per heavy atom. The summed E-state index contributed by atoms with van der Waals surface area (Å²) in [4.78, 5) is 11.7. The topological polar surface area (TPSA) is 60.4 Å². The molecule has 0 radical (unpaired) electrons. The van der Waals surface area contributed by atoms with E-state index in [0.717, 1.165) is 5.56 Å². The fourth-order valence-electron chi connectivity index (χ4n) is 1.82. The smallest absolute Gasteiger partial charge is 0.294 e. The second kappa shape index (κ2) is 4.58. The second-order valence-electron chi connectivity index (χ2n) is 5.23. The zero-order valence-electron chi connectivity index (χ0n) is 11.1. The van der Waals surface area contributed by atoms with Crippen LogP contribution in [0.15, 0.2) is 41.3 Å². The van der Waals surface area contributed by atoms with Crippen molar-refractivity contribution < 1.29 is 17.4 Å². The van der Waals surface area contributed by atoms with Crippen LogP contribution in [-0.4, -0.2) is 20.3 Å². The molecule has 1 aromatic rings. The van der Waals surface area contributed by atoms with Gasteiger partial charge in [-0.25, -0.2) is 0 Å². The van der Waals surface area contributed by atoms with Gasteiger partial charge in [0.1, 0.15) is 6.10 Å². The summed E-state index contributed by atoms with van der Waals surface area (Å²) in [5.74, 6) is -0.128. The summed E-state index contributed by atoms with van der Waals surface area (Å²) >= 11 is 0. The Bertz CT molecular complexity index is 624. The maximum Gasteiger partial charge on any atom is 0.297 e. The van der Waals surface area contributed by atoms with Gasteiger partial charge in [-0.2, -0.15) is 8.42 Å². The Labute approximate surface area is 113 Å². The number of aryl methyl sites for hydroxylation is 1. The highest BCUT2D eigenvalue weighted by molar-refractivity contribution is 7.86. The predicted octanol–water partition coefficient (Wildman–Crippen LogP) is 2.23. The van der Waals surface area contributed by atoms with Crippen molar-refractivity contribution in [1.29, 1.82) is 0 Å². The number of carbonyl (C=O) groups excluding carboxylic acids is 1. The molecule has 102 valence electrons. The van der Waals surface area contributed by atoms with Gasteiger partial charge in [0, 0.05) is 0 Å². The minimum Gasteiger partial charge on any atom is -0.294 e. The molecular weight excluding hydrogens is 264 g/mol. The molecule has 0 bridgehead atoms. The fraction of sp³-hybridized carbons (Fsp3) is 0.357. The Morgan fingerprint density at radius 3 is 2.21 bits per heavy atom. The van der Waals surface area contributed by atoms with Crippen LogP contribution in [0.25, 0.3) is 0 Å². The van der Waals surface area contributed by atoms with E-state index >= 15 is 0 Å². The van der Waals surface area contributed by atoms with E-state index in [4.69, 9.17) is 4.18 Å². The van der Waals surface area contributed by atoms with Gasteiger partial charge in [-0.1, -0.05) is 17.7 Å². The Kier molecular flexibility index (Phi) is 3.36. The molecule has 0 aliphatic heterocycles. The third kappa shape index (κ3) is 2.62. The number of carbonyl (C=O) groups is 1. The van der Waals surface area contributed by atoms with Crippen LogP contribution >= 0.6 is 0 Å². The molecule has 0 heterocycles. The Morgan fingerprint density at radius 2 is 1.74 bits per heavy atom. The van der Waals surface area contributed by atoms with Crippen molar-refractivity contribution in [2.45, 2.75) is 31.8 Å². The van der Waals surface area contributed by atoms with E-state index in [-0.39, 0.29) is 10.7 Å². The molecule has 0 saturated carbocycles. The van der Waals surface area contributed by atoms with Crippen LogP contribution in [0.4, 0.5) is 0 Å². The van der Waals surface area contributed by atoms with Crippen LogP contribution in [0.5, 0.6) is 0 Å².